The van der Waals surface area contributed by atoms with Crippen molar-refractivity contribution in [3.8, 4) is 0 Å². The van der Waals surface area contributed by atoms with Crippen molar-refractivity contribution in [3.63, 3.8) is 0 Å². The molecule has 6 heteroatoms. The molecular formula is C20H21N5O. The maximum Gasteiger partial charge on any atom is 0.275 e. The Bertz CT molecular complexity index is 872. The van der Waals surface area contributed by atoms with Crippen LogP contribution in [0.15, 0.2) is 60.9 Å². The average Bonchev–Trinajstić information content (AvgIpc) is 2.64. The van der Waals surface area contributed by atoms with E-state index in [1.165, 1.54) is 6.20 Å². The van der Waals surface area contributed by atoms with E-state index in [2.05, 4.69) is 20.6 Å². The van der Waals surface area contributed by atoms with Crippen molar-refractivity contribution < 1.29 is 4.79 Å². The summed E-state index contributed by atoms with van der Waals surface area (Å²) >= 11 is 0. The molecule has 0 saturated heterocycles. The van der Waals surface area contributed by atoms with E-state index in [-0.39, 0.29) is 11.6 Å². The number of benzene rings is 2. The van der Waals surface area contributed by atoms with Gasteiger partial charge in [0.2, 0.25) is 0 Å². The van der Waals surface area contributed by atoms with Crippen molar-refractivity contribution in [2.75, 3.05) is 29.6 Å². The van der Waals surface area contributed by atoms with Crippen molar-refractivity contribution in [1.29, 1.82) is 0 Å². The summed E-state index contributed by atoms with van der Waals surface area (Å²) in [5, 5.41) is 5.97. The van der Waals surface area contributed by atoms with Gasteiger partial charge in [-0.2, -0.15) is 0 Å². The van der Waals surface area contributed by atoms with Crippen molar-refractivity contribution in [2.45, 2.75) is 6.92 Å². The Hall–Kier alpha value is -3.41. The van der Waals surface area contributed by atoms with Gasteiger partial charge in [0.05, 0.1) is 12.4 Å². The zero-order valence-corrected chi connectivity index (χ0v) is 15.0. The number of anilines is 4. The van der Waals surface area contributed by atoms with Gasteiger partial charge in [-0.05, 0) is 43.3 Å². The lowest BCUT2D eigenvalue weighted by molar-refractivity contribution is 0.102. The quantitative estimate of drug-likeness (QED) is 0.734. The van der Waals surface area contributed by atoms with Gasteiger partial charge in [-0.15, -0.1) is 0 Å². The summed E-state index contributed by atoms with van der Waals surface area (Å²) in [6, 6.07) is 15.6. The van der Waals surface area contributed by atoms with Crippen LogP contribution in [0.3, 0.4) is 0 Å². The van der Waals surface area contributed by atoms with Gasteiger partial charge in [-0.25, -0.2) is 9.97 Å². The number of carbonyl (C=O) groups excluding carboxylic acids is 1. The Balaban J connectivity index is 1.64. The largest absolute Gasteiger partial charge is 0.378 e. The van der Waals surface area contributed by atoms with Gasteiger partial charge in [0.25, 0.3) is 5.91 Å². The van der Waals surface area contributed by atoms with Crippen LogP contribution < -0.4 is 15.5 Å². The first-order chi connectivity index (χ1) is 12.5. The zero-order valence-electron chi connectivity index (χ0n) is 15.0. The van der Waals surface area contributed by atoms with E-state index < -0.39 is 0 Å². The molecule has 0 saturated carbocycles. The van der Waals surface area contributed by atoms with Crippen molar-refractivity contribution in [1.82, 2.24) is 9.97 Å². The molecule has 0 bridgehead atoms. The normalized spacial score (nSPS) is 10.3. The summed E-state index contributed by atoms with van der Waals surface area (Å²) < 4.78 is 0. The molecule has 0 radical (unpaired) electrons. The molecule has 0 fully saturated rings. The minimum Gasteiger partial charge on any atom is -0.378 e. The summed E-state index contributed by atoms with van der Waals surface area (Å²) in [5.41, 5.74) is 4.15. The molecule has 0 spiro atoms. The van der Waals surface area contributed by atoms with E-state index in [1.807, 2.05) is 74.4 Å². The third-order valence-electron chi connectivity index (χ3n) is 3.85. The molecule has 3 rings (SSSR count). The van der Waals surface area contributed by atoms with Crippen molar-refractivity contribution in [3.05, 3.63) is 72.2 Å². The highest BCUT2D eigenvalue weighted by Crippen LogP contribution is 2.18. The minimum absolute atomic E-state index is 0.263. The predicted molar refractivity (Wildman–Crippen MR) is 105 cm³/mol. The monoisotopic (exact) mass is 347 g/mol. The van der Waals surface area contributed by atoms with E-state index in [4.69, 9.17) is 0 Å². The number of carbonyl (C=O) groups is 1. The van der Waals surface area contributed by atoms with Crippen molar-refractivity contribution in [2.24, 2.45) is 0 Å². The number of nitrogens with zero attached hydrogens (tertiary/aromatic N) is 3. The van der Waals surface area contributed by atoms with Crippen LogP contribution in [0.4, 0.5) is 22.9 Å². The summed E-state index contributed by atoms with van der Waals surface area (Å²) in [5.74, 6) is 0.290. The molecular weight excluding hydrogens is 326 g/mol. The summed E-state index contributed by atoms with van der Waals surface area (Å²) in [4.78, 5) is 22.7. The fourth-order valence-electron chi connectivity index (χ4n) is 2.33. The molecule has 2 aromatic carbocycles. The highest BCUT2D eigenvalue weighted by Gasteiger charge is 2.08. The standard InChI is InChI=1S/C20H21N5O/c1-14-4-6-16(7-5-14)24-20(26)18-12-22-19(13-21-18)23-15-8-10-17(11-9-15)25(2)3/h4-13H,1-3H3,(H,22,23)(H,24,26). The fraction of sp³-hybridized carbons (Fsp3) is 0.150. The van der Waals surface area contributed by atoms with Crippen LogP contribution in [-0.2, 0) is 0 Å². The van der Waals surface area contributed by atoms with E-state index in [9.17, 15) is 4.79 Å². The number of hydrogen-bond donors (Lipinski definition) is 2. The Morgan fingerprint density at radius 1 is 0.885 bits per heavy atom. The molecule has 0 aliphatic heterocycles. The smallest absolute Gasteiger partial charge is 0.275 e. The molecule has 1 amide bonds. The number of hydrogen-bond acceptors (Lipinski definition) is 5. The third-order valence-corrected chi connectivity index (χ3v) is 3.85. The van der Waals surface area contributed by atoms with Crippen LogP contribution >= 0.6 is 0 Å². The predicted octanol–water partition coefficient (Wildman–Crippen LogP) is 3.85. The number of amides is 1. The first-order valence-corrected chi connectivity index (χ1v) is 8.26. The van der Waals surface area contributed by atoms with Crippen LogP contribution in [0.5, 0.6) is 0 Å². The fourth-order valence-corrected chi connectivity index (χ4v) is 2.33. The lowest BCUT2D eigenvalue weighted by Gasteiger charge is -2.13. The van der Waals surface area contributed by atoms with Crippen LogP contribution in [0, 0.1) is 6.92 Å². The van der Waals surface area contributed by atoms with Gasteiger partial charge in [0.15, 0.2) is 0 Å². The first kappa shape index (κ1) is 17.4. The van der Waals surface area contributed by atoms with Gasteiger partial charge in [0, 0.05) is 31.2 Å². The van der Waals surface area contributed by atoms with Gasteiger partial charge in [-0.1, -0.05) is 17.7 Å². The highest BCUT2D eigenvalue weighted by molar-refractivity contribution is 6.02. The molecule has 6 nitrogen and oxygen atoms in total. The SMILES string of the molecule is Cc1ccc(NC(=O)c2cnc(Nc3ccc(N(C)C)cc3)cn2)cc1. The second kappa shape index (κ2) is 7.65. The topological polar surface area (TPSA) is 70.2 Å². The maximum atomic E-state index is 12.2. The summed E-state index contributed by atoms with van der Waals surface area (Å²) in [6.07, 6.45) is 3.00. The molecule has 0 unspecified atom stereocenters. The Morgan fingerprint density at radius 2 is 1.54 bits per heavy atom. The average molecular weight is 347 g/mol. The molecule has 2 N–H and O–H groups in total. The lowest BCUT2D eigenvalue weighted by atomic mass is 10.2. The van der Waals surface area contributed by atoms with Crippen LogP contribution in [0.2, 0.25) is 0 Å². The van der Waals surface area contributed by atoms with Gasteiger partial charge >= 0.3 is 0 Å². The molecule has 26 heavy (non-hydrogen) atoms. The lowest BCUT2D eigenvalue weighted by Crippen LogP contribution is -2.14. The summed E-state index contributed by atoms with van der Waals surface area (Å²) in [7, 11) is 3.99. The Labute approximate surface area is 152 Å². The number of nitrogens with one attached hydrogen (secondary N) is 2. The molecule has 0 aliphatic rings. The molecule has 1 heterocycles. The Kier molecular flexibility index (Phi) is 5.12. The maximum absolute atomic E-state index is 12.2. The second-order valence-electron chi connectivity index (χ2n) is 6.17. The number of aryl methyl sites for hydroxylation is 1. The van der Waals surface area contributed by atoms with Gasteiger partial charge in [0.1, 0.15) is 11.5 Å². The molecule has 132 valence electrons. The van der Waals surface area contributed by atoms with E-state index >= 15 is 0 Å². The van der Waals surface area contributed by atoms with Crippen LogP contribution in [0.1, 0.15) is 16.1 Å². The Morgan fingerprint density at radius 3 is 2.12 bits per heavy atom. The molecule has 1 aromatic heterocycles. The van der Waals surface area contributed by atoms with Gasteiger partial charge in [-0.3, -0.25) is 4.79 Å². The van der Waals surface area contributed by atoms with E-state index in [0.29, 0.717) is 5.82 Å². The number of aromatic nitrogens is 2. The first-order valence-electron chi connectivity index (χ1n) is 8.26. The third kappa shape index (κ3) is 4.36. The highest BCUT2D eigenvalue weighted by atomic mass is 16.1. The zero-order chi connectivity index (χ0) is 18.5. The molecule has 3 aromatic rings. The van der Waals surface area contributed by atoms with E-state index in [1.54, 1.807) is 6.20 Å². The van der Waals surface area contributed by atoms with Crippen LogP contribution in [-0.4, -0.2) is 30.0 Å². The van der Waals surface area contributed by atoms with Gasteiger partial charge < -0.3 is 15.5 Å². The van der Waals surface area contributed by atoms with Crippen molar-refractivity contribution >= 4 is 28.8 Å². The summed E-state index contributed by atoms with van der Waals surface area (Å²) in [6.45, 7) is 2.00. The molecule has 0 atom stereocenters. The van der Waals surface area contributed by atoms with Crippen LogP contribution in [0.25, 0.3) is 0 Å². The minimum atomic E-state index is -0.289. The van der Waals surface area contributed by atoms with E-state index in [0.717, 1.165) is 22.6 Å². The number of rotatable bonds is 5. The second-order valence-corrected chi connectivity index (χ2v) is 6.17. The molecule has 0 aliphatic carbocycles.